The van der Waals surface area contributed by atoms with Gasteiger partial charge >= 0.3 is 0 Å². The fraction of sp³-hybridized carbons (Fsp3) is 0.350. The van der Waals surface area contributed by atoms with Gasteiger partial charge in [-0.3, -0.25) is 4.79 Å². The third-order valence-electron chi connectivity index (χ3n) is 4.33. The van der Waals surface area contributed by atoms with Crippen molar-refractivity contribution in [2.45, 2.75) is 32.8 Å². The molecule has 1 aliphatic heterocycles. The molecule has 132 valence electrons. The summed E-state index contributed by atoms with van der Waals surface area (Å²) in [6, 6.07) is 13.9. The molecular weight excluding hydrogens is 318 g/mol. The maximum absolute atomic E-state index is 11.1. The molecule has 0 bridgehead atoms. The molecule has 1 heterocycles. The zero-order chi connectivity index (χ0) is 17.6. The molecule has 1 atom stereocenters. The number of hydrogen-bond acceptors (Lipinski definition) is 4. The molecule has 2 N–H and O–H groups in total. The first-order valence-electron chi connectivity index (χ1n) is 8.51. The highest BCUT2D eigenvalue weighted by molar-refractivity contribution is 5.76. The van der Waals surface area contributed by atoms with Crippen LogP contribution in [-0.2, 0) is 17.8 Å². The fourth-order valence-corrected chi connectivity index (χ4v) is 2.74. The van der Waals surface area contributed by atoms with E-state index in [1.807, 2.05) is 43.3 Å². The standard InChI is InChI=1S/C20H23NO4/c1-14(20(21)22)4-2-5-15-6-3-7-17(10-15)23-12-16-8-9-18-19(11-16)25-13-24-18/h3,6-11,14H,2,4-5,12-13H2,1H3,(H2,21,22)/t14-/m1/s1. The smallest absolute Gasteiger partial charge is 0.231 e. The molecule has 0 radical (unpaired) electrons. The highest BCUT2D eigenvalue weighted by atomic mass is 16.7. The summed E-state index contributed by atoms with van der Waals surface area (Å²) in [5, 5.41) is 0. The molecule has 0 fully saturated rings. The second-order valence-electron chi connectivity index (χ2n) is 6.32. The number of amides is 1. The zero-order valence-electron chi connectivity index (χ0n) is 14.4. The average molecular weight is 341 g/mol. The Labute approximate surface area is 147 Å². The topological polar surface area (TPSA) is 70.8 Å². The lowest BCUT2D eigenvalue weighted by atomic mass is 10.0. The van der Waals surface area contributed by atoms with E-state index in [9.17, 15) is 4.79 Å². The summed E-state index contributed by atoms with van der Waals surface area (Å²) in [5.41, 5.74) is 7.52. The third kappa shape index (κ3) is 4.66. The molecule has 2 aromatic carbocycles. The summed E-state index contributed by atoms with van der Waals surface area (Å²) in [4.78, 5) is 11.1. The van der Waals surface area contributed by atoms with Crippen molar-refractivity contribution in [3.05, 3.63) is 53.6 Å². The lowest BCUT2D eigenvalue weighted by Crippen LogP contribution is -2.20. The molecule has 1 amide bonds. The Morgan fingerprint density at radius 2 is 2.00 bits per heavy atom. The quantitative estimate of drug-likeness (QED) is 0.798. The van der Waals surface area contributed by atoms with Crippen LogP contribution in [0.2, 0.25) is 0 Å². The minimum absolute atomic E-state index is 0.0783. The van der Waals surface area contributed by atoms with Crippen molar-refractivity contribution in [1.82, 2.24) is 0 Å². The first-order valence-corrected chi connectivity index (χ1v) is 8.51. The molecule has 5 heteroatoms. The Balaban J connectivity index is 1.52. The van der Waals surface area contributed by atoms with Gasteiger partial charge in [0.25, 0.3) is 0 Å². The van der Waals surface area contributed by atoms with E-state index in [0.717, 1.165) is 42.1 Å². The van der Waals surface area contributed by atoms with Gasteiger partial charge in [-0.05, 0) is 54.7 Å². The van der Waals surface area contributed by atoms with E-state index in [1.54, 1.807) is 0 Å². The molecule has 0 aromatic heterocycles. The van der Waals surface area contributed by atoms with Crippen LogP contribution < -0.4 is 19.9 Å². The predicted octanol–water partition coefficient (Wildman–Crippen LogP) is 3.44. The van der Waals surface area contributed by atoms with Crippen LogP contribution in [0, 0.1) is 5.92 Å². The second kappa shape index (κ2) is 7.92. The van der Waals surface area contributed by atoms with Crippen LogP contribution in [0.25, 0.3) is 0 Å². The lowest BCUT2D eigenvalue weighted by Gasteiger charge is -2.10. The number of primary amides is 1. The van der Waals surface area contributed by atoms with Gasteiger partial charge < -0.3 is 19.9 Å². The highest BCUT2D eigenvalue weighted by Crippen LogP contribution is 2.32. The number of aryl methyl sites for hydroxylation is 1. The number of fused-ring (bicyclic) bond motifs is 1. The van der Waals surface area contributed by atoms with Crippen LogP contribution in [0.5, 0.6) is 17.2 Å². The van der Waals surface area contributed by atoms with Gasteiger partial charge in [-0.1, -0.05) is 25.1 Å². The predicted molar refractivity (Wildman–Crippen MR) is 94.6 cm³/mol. The van der Waals surface area contributed by atoms with Gasteiger partial charge in [0.15, 0.2) is 11.5 Å². The summed E-state index contributed by atoms with van der Waals surface area (Å²) < 4.78 is 16.6. The van der Waals surface area contributed by atoms with Crippen LogP contribution in [0.15, 0.2) is 42.5 Å². The molecule has 1 aliphatic rings. The molecule has 0 unspecified atom stereocenters. The largest absolute Gasteiger partial charge is 0.489 e. The summed E-state index contributed by atoms with van der Waals surface area (Å²) in [6.07, 6.45) is 2.63. The van der Waals surface area contributed by atoms with Crippen molar-refractivity contribution in [2.75, 3.05) is 6.79 Å². The van der Waals surface area contributed by atoms with E-state index in [2.05, 4.69) is 6.07 Å². The number of carbonyl (C=O) groups excluding carboxylic acids is 1. The Morgan fingerprint density at radius 3 is 2.84 bits per heavy atom. The lowest BCUT2D eigenvalue weighted by molar-refractivity contribution is -0.121. The van der Waals surface area contributed by atoms with Crippen LogP contribution in [0.1, 0.15) is 30.9 Å². The molecule has 2 aromatic rings. The molecule has 0 aliphatic carbocycles. The SMILES string of the molecule is C[C@H](CCCc1cccc(OCc2ccc3c(c2)OCO3)c1)C(N)=O. The Morgan fingerprint density at radius 1 is 1.16 bits per heavy atom. The summed E-state index contributed by atoms with van der Waals surface area (Å²) in [5.74, 6) is 2.05. The molecule has 0 saturated heterocycles. The fourth-order valence-electron chi connectivity index (χ4n) is 2.74. The summed E-state index contributed by atoms with van der Waals surface area (Å²) >= 11 is 0. The van der Waals surface area contributed by atoms with E-state index in [4.69, 9.17) is 19.9 Å². The minimum Gasteiger partial charge on any atom is -0.489 e. The zero-order valence-corrected chi connectivity index (χ0v) is 14.4. The number of hydrogen-bond donors (Lipinski definition) is 1. The van der Waals surface area contributed by atoms with E-state index >= 15 is 0 Å². The van der Waals surface area contributed by atoms with Crippen molar-refractivity contribution in [1.29, 1.82) is 0 Å². The molecular formula is C20H23NO4. The van der Waals surface area contributed by atoms with Crippen molar-refractivity contribution < 1.29 is 19.0 Å². The van der Waals surface area contributed by atoms with E-state index in [1.165, 1.54) is 5.56 Å². The van der Waals surface area contributed by atoms with Crippen LogP contribution in [0.3, 0.4) is 0 Å². The van der Waals surface area contributed by atoms with Crippen LogP contribution >= 0.6 is 0 Å². The van der Waals surface area contributed by atoms with Gasteiger partial charge in [-0.15, -0.1) is 0 Å². The molecule has 25 heavy (non-hydrogen) atoms. The molecule has 0 spiro atoms. The van der Waals surface area contributed by atoms with Gasteiger partial charge in [0, 0.05) is 5.92 Å². The maximum Gasteiger partial charge on any atom is 0.231 e. The van der Waals surface area contributed by atoms with Crippen molar-refractivity contribution in [2.24, 2.45) is 11.7 Å². The van der Waals surface area contributed by atoms with Gasteiger partial charge in [-0.25, -0.2) is 0 Å². The van der Waals surface area contributed by atoms with E-state index < -0.39 is 0 Å². The first-order chi connectivity index (χ1) is 12.1. The van der Waals surface area contributed by atoms with Crippen molar-refractivity contribution in [3.63, 3.8) is 0 Å². The monoisotopic (exact) mass is 341 g/mol. The summed E-state index contributed by atoms with van der Waals surface area (Å²) in [6.45, 7) is 2.61. The van der Waals surface area contributed by atoms with Gasteiger partial charge in [0.1, 0.15) is 12.4 Å². The third-order valence-corrected chi connectivity index (χ3v) is 4.33. The number of ether oxygens (including phenoxy) is 3. The van der Waals surface area contributed by atoms with E-state index in [-0.39, 0.29) is 18.6 Å². The van der Waals surface area contributed by atoms with Crippen LogP contribution in [-0.4, -0.2) is 12.7 Å². The van der Waals surface area contributed by atoms with E-state index in [0.29, 0.717) is 6.61 Å². The normalized spacial score (nSPS) is 13.5. The number of rotatable bonds is 8. The molecule has 5 nitrogen and oxygen atoms in total. The number of benzene rings is 2. The Kier molecular flexibility index (Phi) is 5.43. The second-order valence-corrected chi connectivity index (χ2v) is 6.32. The molecule has 0 saturated carbocycles. The van der Waals surface area contributed by atoms with Gasteiger partial charge in [-0.2, -0.15) is 0 Å². The highest BCUT2D eigenvalue weighted by Gasteiger charge is 2.13. The van der Waals surface area contributed by atoms with Crippen molar-refractivity contribution in [3.8, 4) is 17.2 Å². The number of nitrogens with two attached hydrogens (primary N) is 1. The van der Waals surface area contributed by atoms with Crippen LogP contribution in [0.4, 0.5) is 0 Å². The summed E-state index contributed by atoms with van der Waals surface area (Å²) in [7, 11) is 0. The van der Waals surface area contributed by atoms with Gasteiger partial charge in [0.05, 0.1) is 0 Å². The Bertz CT molecular complexity index is 744. The maximum atomic E-state index is 11.1. The Hall–Kier alpha value is -2.69. The average Bonchev–Trinajstić information content (AvgIpc) is 3.08. The minimum atomic E-state index is -0.235. The number of carbonyl (C=O) groups is 1. The first kappa shape index (κ1) is 17.1. The molecule has 3 rings (SSSR count). The van der Waals surface area contributed by atoms with Crippen molar-refractivity contribution >= 4 is 5.91 Å². The van der Waals surface area contributed by atoms with Gasteiger partial charge in [0.2, 0.25) is 12.7 Å².